The van der Waals surface area contributed by atoms with Gasteiger partial charge in [-0.05, 0) is 24.1 Å². The molecule has 3 rings (SSSR count). The van der Waals surface area contributed by atoms with Crippen molar-refractivity contribution in [3.63, 3.8) is 0 Å². The predicted octanol–water partition coefficient (Wildman–Crippen LogP) is 1.94. The Morgan fingerprint density at radius 3 is 2.71 bits per heavy atom. The highest BCUT2D eigenvalue weighted by atomic mass is 16.5. The molecule has 1 atom stereocenters. The van der Waals surface area contributed by atoms with Crippen LogP contribution in [0, 0.1) is 0 Å². The number of nitrogens with zero attached hydrogens (tertiary/aromatic N) is 2. The second-order valence-corrected chi connectivity index (χ2v) is 6.50. The number of aromatic nitrogens is 1. The van der Waals surface area contributed by atoms with E-state index in [9.17, 15) is 14.4 Å². The highest BCUT2D eigenvalue weighted by Gasteiger charge is 2.40. The second kappa shape index (κ2) is 8.51. The summed E-state index contributed by atoms with van der Waals surface area (Å²) in [6.07, 6.45) is 0.469. The summed E-state index contributed by atoms with van der Waals surface area (Å²) in [5, 5.41) is 2.67. The maximum atomic E-state index is 12.2. The molecule has 1 aliphatic heterocycles. The van der Waals surface area contributed by atoms with E-state index >= 15 is 0 Å². The van der Waals surface area contributed by atoms with E-state index in [1.165, 1.54) is 7.11 Å². The Morgan fingerprint density at radius 1 is 1.21 bits per heavy atom. The Kier molecular flexibility index (Phi) is 5.88. The number of nitrogens with one attached hydrogen (secondary N) is 1. The molecule has 0 aliphatic carbocycles. The molecule has 2 aromatic rings. The fourth-order valence-corrected chi connectivity index (χ4v) is 3.04. The third kappa shape index (κ3) is 4.46. The molecule has 1 N–H and O–H groups in total. The zero-order chi connectivity index (χ0) is 20.0. The van der Waals surface area contributed by atoms with Crippen LogP contribution in [0.1, 0.15) is 22.5 Å². The average molecular weight is 383 g/mol. The first kappa shape index (κ1) is 19.3. The van der Waals surface area contributed by atoms with Gasteiger partial charge >= 0.3 is 12.1 Å². The minimum absolute atomic E-state index is 0.119. The zero-order valence-corrected chi connectivity index (χ0v) is 15.5. The summed E-state index contributed by atoms with van der Waals surface area (Å²) in [4.78, 5) is 41.7. The lowest BCUT2D eigenvalue weighted by molar-refractivity contribution is -0.112. The number of carbonyl (C=O) groups is 3. The number of hydrogen-bond donors (Lipinski definition) is 1. The van der Waals surface area contributed by atoms with Gasteiger partial charge in [-0.15, -0.1) is 0 Å². The van der Waals surface area contributed by atoms with Gasteiger partial charge in [0.15, 0.2) is 5.69 Å². The van der Waals surface area contributed by atoms with Gasteiger partial charge in [0.25, 0.3) is 0 Å². The molecule has 1 aliphatic rings. The molecule has 1 fully saturated rings. The van der Waals surface area contributed by atoms with Crippen molar-refractivity contribution >= 4 is 24.2 Å². The second-order valence-electron chi connectivity index (χ2n) is 6.50. The van der Waals surface area contributed by atoms with Crippen LogP contribution in [0.5, 0.6) is 0 Å². The van der Waals surface area contributed by atoms with Crippen LogP contribution in [-0.4, -0.2) is 49.1 Å². The molecule has 1 unspecified atom stereocenters. The molecule has 0 radical (unpaired) electrons. The minimum atomic E-state index is -1.07. The van der Waals surface area contributed by atoms with Gasteiger partial charge in [-0.1, -0.05) is 36.4 Å². The first-order valence-electron chi connectivity index (χ1n) is 8.81. The number of anilines is 1. The SMILES string of the molecule is COC(=O)c1cccc(N2CCC(C=O)(NC(=O)OCc3ccccc3)C2)n1. The number of esters is 1. The summed E-state index contributed by atoms with van der Waals surface area (Å²) in [6, 6.07) is 14.3. The number of amides is 1. The van der Waals surface area contributed by atoms with Crippen molar-refractivity contribution in [1.29, 1.82) is 0 Å². The highest BCUT2D eigenvalue weighted by molar-refractivity contribution is 5.87. The first-order chi connectivity index (χ1) is 13.5. The number of hydrogen-bond acceptors (Lipinski definition) is 7. The highest BCUT2D eigenvalue weighted by Crippen LogP contribution is 2.25. The van der Waals surface area contributed by atoms with E-state index < -0.39 is 17.6 Å². The van der Waals surface area contributed by atoms with Crippen LogP contribution in [0.25, 0.3) is 0 Å². The topological polar surface area (TPSA) is 97.8 Å². The van der Waals surface area contributed by atoms with Crippen molar-refractivity contribution in [3.05, 3.63) is 59.8 Å². The Balaban J connectivity index is 1.63. The molecule has 0 saturated carbocycles. The smallest absolute Gasteiger partial charge is 0.408 e. The van der Waals surface area contributed by atoms with Crippen LogP contribution in [0.15, 0.2) is 48.5 Å². The number of aldehydes is 1. The van der Waals surface area contributed by atoms with Crippen LogP contribution >= 0.6 is 0 Å². The maximum Gasteiger partial charge on any atom is 0.408 e. The molecule has 1 saturated heterocycles. The summed E-state index contributed by atoms with van der Waals surface area (Å²) in [5.74, 6) is -0.00334. The summed E-state index contributed by atoms with van der Waals surface area (Å²) in [5.41, 5.74) is -0.0370. The third-order valence-corrected chi connectivity index (χ3v) is 4.54. The number of pyridine rings is 1. The third-order valence-electron chi connectivity index (χ3n) is 4.54. The monoisotopic (exact) mass is 383 g/mol. The molecular formula is C20H21N3O5. The van der Waals surface area contributed by atoms with Crippen molar-refractivity contribution < 1.29 is 23.9 Å². The van der Waals surface area contributed by atoms with Gasteiger partial charge in [0.1, 0.15) is 24.2 Å². The van der Waals surface area contributed by atoms with Crippen molar-refractivity contribution in [2.24, 2.45) is 0 Å². The van der Waals surface area contributed by atoms with Gasteiger partial charge in [0.2, 0.25) is 0 Å². The molecule has 28 heavy (non-hydrogen) atoms. The lowest BCUT2D eigenvalue weighted by Crippen LogP contribution is -2.52. The molecule has 1 aromatic heterocycles. The van der Waals surface area contributed by atoms with Crippen LogP contribution in [0.4, 0.5) is 10.6 Å². The average Bonchev–Trinajstić information content (AvgIpc) is 3.17. The van der Waals surface area contributed by atoms with Gasteiger partial charge in [-0.25, -0.2) is 14.6 Å². The summed E-state index contributed by atoms with van der Waals surface area (Å²) < 4.78 is 9.90. The molecule has 0 bridgehead atoms. The van der Waals surface area contributed by atoms with Gasteiger partial charge in [-0.2, -0.15) is 0 Å². The van der Waals surface area contributed by atoms with E-state index in [-0.39, 0.29) is 18.8 Å². The number of alkyl carbamates (subject to hydrolysis) is 1. The Hall–Kier alpha value is -3.42. The summed E-state index contributed by atoms with van der Waals surface area (Å²) in [6.45, 7) is 0.845. The molecule has 1 aromatic carbocycles. The van der Waals surface area contributed by atoms with Crippen molar-refractivity contribution in [2.75, 3.05) is 25.1 Å². The lowest BCUT2D eigenvalue weighted by Gasteiger charge is -2.24. The predicted molar refractivity (Wildman–Crippen MR) is 101 cm³/mol. The van der Waals surface area contributed by atoms with Crippen LogP contribution in [0.3, 0.4) is 0 Å². The Morgan fingerprint density at radius 2 is 2.00 bits per heavy atom. The molecular weight excluding hydrogens is 362 g/mol. The van der Waals surface area contributed by atoms with Crippen LogP contribution < -0.4 is 10.2 Å². The largest absolute Gasteiger partial charge is 0.464 e. The van der Waals surface area contributed by atoms with Crippen LogP contribution in [0.2, 0.25) is 0 Å². The molecule has 0 spiro atoms. The Bertz CT molecular complexity index is 858. The number of rotatable bonds is 6. The molecule has 8 nitrogen and oxygen atoms in total. The number of methoxy groups -OCH3 is 1. The van der Waals surface area contributed by atoms with E-state index in [0.29, 0.717) is 18.8 Å². The number of carbonyl (C=O) groups excluding carboxylic acids is 3. The van der Waals surface area contributed by atoms with E-state index in [0.717, 1.165) is 11.8 Å². The Labute approximate surface area is 162 Å². The van der Waals surface area contributed by atoms with E-state index in [1.54, 1.807) is 18.2 Å². The quantitative estimate of drug-likeness (QED) is 0.601. The normalized spacial score (nSPS) is 18.4. The van der Waals surface area contributed by atoms with Gasteiger partial charge in [0, 0.05) is 13.1 Å². The van der Waals surface area contributed by atoms with Gasteiger partial charge in [0.05, 0.1) is 7.11 Å². The van der Waals surface area contributed by atoms with Crippen molar-refractivity contribution in [1.82, 2.24) is 10.3 Å². The number of ether oxygens (including phenoxy) is 2. The fourth-order valence-electron chi connectivity index (χ4n) is 3.04. The molecule has 1 amide bonds. The molecule has 2 heterocycles. The molecule has 8 heteroatoms. The summed E-state index contributed by atoms with van der Waals surface area (Å²) >= 11 is 0. The molecule has 146 valence electrons. The standard InChI is InChI=1S/C20H21N3O5/c1-27-18(25)16-8-5-9-17(21-16)23-11-10-20(13-23,14-24)22-19(26)28-12-15-6-3-2-4-7-15/h2-9,14H,10-13H2,1H3,(H,22,26). The maximum absolute atomic E-state index is 12.2. The fraction of sp³-hybridized carbons (Fsp3) is 0.300. The van der Waals surface area contributed by atoms with E-state index in [4.69, 9.17) is 4.74 Å². The van der Waals surface area contributed by atoms with Gasteiger partial charge in [-0.3, -0.25) is 0 Å². The zero-order valence-electron chi connectivity index (χ0n) is 15.5. The summed E-state index contributed by atoms with van der Waals surface area (Å²) in [7, 11) is 1.29. The number of benzene rings is 1. The van der Waals surface area contributed by atoms with Crippen LogP contribution in [-0.2, 0) is 20.9 Å². The van der Waals surface area contributed by atoms with E-state index in [1.807, 2.05) is 35.2 Å². The lowest BCUT2D eigenvalue weighted by atomic mass is 10.0. The first-order valence-corrected chi connectivity index (χ1v) is 8.81. The van der Waals surface area contributed by atoms with Crippen molar-refractivity contribution in [2.45, 2.75) is 18.6 Å². The van der Waals surface area contributed by atoms with Gasteiger partial charge < -0.3 is 24.5 Å². The minimum Gasteiger partial charge on any atom is -0.464 e. The van der Waals surface area contributed by atoms with Crippen molar-refractivity contribution in [3.8, 4) is 0 Å². The van der Waals surface area contributed by atoms with E-state index in [2.05, 4.69) is 15.0 Å².